The van der Waals surface area contributed by atoms with Crippen LogP contribution in [0.3, 0.4) is 0 Å². The zero-order chi connectivity index (χ0) is 20.8. The van der Waals surface area contributed by atoms with Crippen molar-refractivity contribution in [3.8, 4) is 0 Å². The van der Waals surface area contributed by atoms with Crippen molar-refractivity contribution in [3.63, 3.8) is 0 Å². The van der Waals surface area contributed by atoms with Crippen LogP contribution in [-0.2, 0) is 28.6 Å². The summed E-state index contributed by atoms with van der Waals surface area (Å²) in [7, 11) is 0. The van der Waals surface area contributed by atoms with Crippen molar-refractivity contribution in [1.82, 2.24) is 0 Å². The molecule has 2 atom stereocenters. The van der Waals surface area contributed by atoms with Crippen molar-refractivity contribution in [2.24, 2.45) is 5.92 Å². The monoisotopic (exact) mass is 390 g/mol. The second-order valence-corrected chi connectivity index (χ2v) is 7.88. The van der Waals surface area contributed by atoms with E-state index in [9.17, 15) is 14.4 Å². The summed E-state index contributed by atoms with van der Waals surface area (Å²) in [4.78, 5) is 35.6. The second kappa shape index (κ2) is 9.71. The van der Waals surface area contributed by atoms with Gasteiger partial charge in [0.25, 0.3) is 0 Å². The summed E-state index contributed by atoms with van der Waals surface area (Å²) in [6.07, 6.45) is 5.38. The van der Waals surface area contributed by atoms with Crippen molar-refractivity contribution in [2.75, 3.05) is 6.61 Å². The second-order valence-electron chi connectivity index (χ2n) is 7.88. The van der Waals surface area contributed by atoms with Crippen LogP contribution in [0.5, 0.6) is 0 Å². The van der Waals surface area contributed by atoms with E-state index < -0.39 is 24.1 Å². The summed E-state index contributed by atoms with van der Waals surface area (Å²) in [5.41, 5.74) is 3.22. The van der Waals surface area contributed by atoms with Crippen molar-refractivity contribution < 1.29 is 28.6 Å². The van der Waals surface area contributed by atoms with Crippen LogP contribution >= 0.6 is 0 Å². The Labute approximate surface area is 166 Å². The third-order valence-electron chi connectivity index (χ3n) is 4.87. The zero-order valence-electron chi connectivity index (χ0n) is 17.4. The third kappa shape index (κ3) is 6.08. The molecule has 28 heavy (non-hydrogen) atoms. The number of fused-ring (bicyclic) bond motifs is 1. The largest absolute Gasteiger partial charge is 0.461 e. The van der Waals surface area contributed by atoms with Gasteiger partial charge in [-0.1, -0.05) is 25.5 Å². The van der Waals surface area contributed by atoms with Gasteiger partial charge in [0.2, 0.25) is 0 Å². The lowest BCUT2D eigenvalue weighted by atomic mass is 9.93. The van der Waals surface area contributed by atoms with Gasteiger partial charge < -0.3 is 14.2 Å². The van der Waals surface area contributed by atoms with E-state index in [1.807, 2.05) is 33.8 Å². The van der Waals surface area contributed by atoms with Crippen molar-refractivity contribution >= 4 is 17.9 Å². The molecule has 0 saturated carbocycles. The van der Waals surface area contributed by atoms with Gasteiger partial charge in [-0.05, 0) is 49.8 Å². The topological polar surface area (TPSA) is 78.9 Å². The first-order chi connectivity index (χ1) is 13.2. The molecular formula is C22H30O6. The molecule has 0 radical (unpaired) electrons. The van der Waals surface area contributed by atoms with Gasteiger partial charge in [0.15, 0.2) is 0 Å². The van der Waals surface area contributed by atoms with Crippen LogP contribution in [0, 0.1) is 5.92 Å². The van der Waals surface area contributed by atoms with Gasteiger partial charge in [-0.2, -0.15) is 0 Å². The van der Waals surface area contributed by atoms with E-state index in [1.54, 1.807) is 0 Å². The number of carbonyl (C=O) groups excluding carboxylic acids is 3. The Morgan fingerprint density at radius 2 is 1.96 bits per heavy atom. The van der Waals surface area contributed by atoms with Gasteiger partial charge in [0.1, 0.15) is 18.8 Å². The minimum absolute atomic E-state index is 0.0809. The Balaban J connectivity index is 2.30. The van der Waals surface area contributed by atoms with Crippen LogP contribution in [-0.4, -0.2) is 36.7 Å². The average Bonchev–Trinajstić information content (AvgIpc) is 2.87. The summed E-state index contributed by atoms with van der Waals surface area (Å²) in [6.45, 7) is 9.08. The van der Waals surface area contributed by atoms with Crippen LogP contribution in [0.2, 0.25) is 0 Å². The Kier molecular flexibility index (Phi) is 7.61. The number of carbonyl (C=O) groups is 3. The highest BCUT2D eigenvalue weighted by molar-refractivity contribution is 5.93. The number of esters is 3. The molecule has 154 valence electrons. The van der Waals surface area contributed by atoms with Gasteiger partial charge in [-0.15, -0.1) is 0 Å². The van der Waals surface area contributed by atoms with Gasteiger partial charge in [-0.25, -0.2) is 4.79 Å². The van der Waals surface area contributed by atoms with E-state index in [2.05, 4.69) is 6.08 Å². The lowest BCUT2D eigenvalue weighted by Gasteiger charge is -2.22. The standard InChI is InChI=1S/C22H30O6/c1-13(2)10-21(24)27-19-9-7-14(3)6-8-17-18(12-26-16(5)23)22(25)28-20(17)11-15(19)4/h7,11,13,19-20H,6,8-10,12H2,1-5H3. The molecule has 6 heteroatoms. The molecule has 0 bridgehead atoms. The van der Waals surface area contributed by atoms with Gasteiger partial charge >= 0.3 is 17.9 Å². The van der Waals surface area contributed by atoms with Crippen molar-refractivity contribution in [1.29, 1.82) is 0 Å². The zero-order valence-corrected chi connectivity index (χ0v) is 17.4. The predicted molar refractivity (Wildman–Crippen MR) is 104 cm³/mol. The smallest absolute Gasteiger partial charge is 0.338 e. The summed E-state index contributed by atoms with van der Waals surface area (Å²) in [6, 6.07) is 0. The molecule has 1 aliphatic heterocycles. The fourth-order valence-corrected chi connectivity index (χ4v) is 3.27. The number of allylic oxidation sites excluding steroid dienone is 1. The summed E-state index contributed by atoms with van der Waals surface area (Å²) in [5.74, 6) is -0.906. The highest BCUT2D eigenvalue weighted by Gasteiger charge is 2.34. The van der Waals surface area contributed by atoms with E-state index >= 15 is 0 Å². The van der Waals surface area contributed by atoms with Crippen molar-refractivity contribution in [3.05, 3.63) is 34.4 Å². The first-order valence-electron chi connectivity index (χ1n) is 9.77. The number of hydrogen-bond acceptors (Lipinski definition) is 6. The molecule has 1 aliphatic carbocycles. The molecule has 0 aromatic rings. The Morgan fingerprint density at radius 1 is 1.25 bits per heavy atom. The normalized spacial score (nSPS) is 22.9. The molecule has 0 spiro atoms. The molecule has 0 aromatic heterocycles. The highest BCUT2D eigenvalue weighted by Crippen LogP contribution is 2.32. The third-order valence-corrected chi connectivity index (χ3v) is 4.87. The van der Waals surface area contributed by atoms with E-state index in [1.165, 1.54) is 6.92 Å². The fraction of sp³-hybridized carbons (Fsp3) is 0.591. The molecule has 2 aliphatic rings. The number of hydrogen-bond donors (Lipinski definition) is 0. The van der Waals surface area contributed by atoms with Gasteiger partial charge in [0, 0.05) is 19.8 Å². The molecule has 2 unspecified atom stereocenters. The fourth-order valence-electron chi connectivity index (χ4n) is 3.27. The maximum atomic E-state index is 12.3. The number of ether oxygens (including phenoxy) is 3. The molecule has 0 amide bonds. The number of rotatable bonds is 5. The molecule has 1 heterocycles. The SMILES string of the molecule is CC(=O)OCC1=C2CCC(C)=CCC(OC(=O)CC(C)C)C(C)=CC2OC1=O. The predicted octanol–water partition coefficient (Wildman–Crippen LogP) is 3.81. The van der Waals surface area contributed by atoms with Crippen LogP contribution in [0.25, 0.3) is 0 Å². The van der Waals surface area contributed by atoms with Crippen molar-refractivity contribution in [2.45, 2.75) is 72.5 Å². The maximum Gasteiger partial charge on any atom is 0.338 e. The Hall–Kier alpha value is -2.37. The first kappa shape index (κ1) is 21.9. The van der Waals surface area contributed by atoms with E-state index in [-0.39, 0.29) is 18.5 Å². The van der Waals surface area contributed by atoms with E-state index in [0.717, 1.165) is 23.1 Å². The van der Waals surface area contributed by atoms with Crippen LogP contribution in [0.1, 0.15) is 60.3 Å². The lowest BCUT2D eigenvalue weighted by molar-refractivity contribution is -0.148. The van der Waals surface area contributed by atoms with Crippen LogP contribution in [0.15, 0.2) is 34.4 Å². The van der Waals surface area contributed by atoms with Gasteiger partial charge in [-0.3, -0.25) is 9.59 Å². The highest BCUT2D eigenvalue weighted by atomic mass is 16.6. The molecule has 6 nitrogen and oxygen atoms in total. The molecule has 0 saturated heterocycles. The maximum absolute atomic E-state index is 12.3. The Morgan fingerprint density at radius 3 is 2.61 bits per heavy atom. The minimum atomic E-state index is -0.518. The molecular weight excluding hydrogens is 360 g/mol. The molecule has 0 fully saturated rings. The molecule has 2 rings (SSSR count). The van der Waals surface area contributed by atoms with Gasteiger partial charge in [0.05, 0.1) is 5.57 Å². The molecule has 0 N–H and O–H groups in total. The summed E-state index contributed by atoms with van der Waals surface area (Å²) >= 11 is 0. The Bertz CT molecular complexity index is 725. The van der Waals surface area contributed by atoms with Crippen LogP contribution in [0.4, 0.5) is 0 Å². The van der Waals surface area contributed by atoms with E-state index in [0.29, 0.717) is 24.8 Å². The summed E-state index contributed by atoms with van der Waals surface area (Å²) in [5, 5.41) is 0. The average molecular weight is 390 g/mol. The minimum Gasteiger partial charge on any atom is -0.461 e. The quantitative estimate of drug-likeness (QED) is 0.404. The summed E-state index contributed by atoms with van der Waals surface area (Å²) < 4.78 is 16.3. The first-order valence-corrected chi connectivity index (χ1v) is 9.77. The lowest BCUT2D eigenvalue weighted by Crippen LogP contribution is -2.22. The molecule has 0 aromatic carbocycles. The van der Waals surface area contributed by atoms with E-state index in [4.69, 9.17) is 14.2 Å². The van der Waals surface area contributed by atoms with Crippen LogP contribution < -0.4 is 0 Å².